The Bertz CT molecular complexity index is 224. The van der Waals surface area contributed by atoms with Crippen LogP contribution in [-0.2, 0) is 0 Å². The van der Waals surface area contributed by atoms with Crippen molar-refractivity contribution in [3.05, 3.63) is 22.6 Å². The van der Waals surface area contributed by atoms with Crippen LogP contribution in [0.1, 0.15) is 19.8 Å². The van der Waals surface area contributed by atoms with Crippen molar-refractivity contribution in [2.45, 2.75) is 44.9 Å². The molecule has 0 radical (unpaired) electrons. The quantitative estimate of drug-likeness (QED) is 0.156. The first-order chi connectivity index (χ1) is 6.52. The Hall–Kier alpha value is -0.733. The maximum atomic E-state index is 8.09. The number of hydrogen-bond donors (Lipinski definition) is 0. The summed E-state index contributed by atoms with van der Waals surface area (Å²) < 4.78 is 0. The van der Waals surface area contributed by atoms with Crippen LogP contribution in [-0.4, -0.2) is 14.6 Å². The highest BCUT2D eigenvalue weighted by Crippen LogP contribution is 2.26. The average molecular weight is 211 g/mol. The molecule has 80 valence electrons. The largest absolute Gasteiger partial charge is 0.0937 e. The predicted octanol–water partition coefficient (Wildman–Crippen LogP) is 4.36. The Balaban J connectivity index is 3.99. The molecule has 0 aromatic carbocycles. The van der Waals surface area contributed by atoms with E-state index in [1.807, 2.05) is 0 Å². The number of azide groups is 1. The number of nitrogens with zero attached hydrogens (tertiary/aromatic N) is 3. The maximum absolute atomic E-state index is 8.09. The van der Waals surface area contributed by atoms with Crippen molar-refractivity contribution in [3.8, 4) is 0 Å². The number of hydrogen-bond acceptors (Lipinski definition) is 1. The van der Waals surface area contributed by atoms with Gasteiger partial charge >= 0.3 is 0 Å². The lowest BCUT2D eigenvalue weighted by molar-refractivity contribution is 0.900. The summed E-state index contributed by atoms with van der Waals surface area (Å²) in [6.45, 7) is 9.98. The van der Waals surface area contributed by atoms with E-state index >= 15 is 0 Å². The zero-order valence-electron chi connectivity index (χ0n) is 9.70. The van der Waals surface area contributed by atoms with Gasteiger partial charge in [-0.15, -0.1) is 0 Å². The lowest BCUT2D eigenvalue weighted by atomic mass is 10.3. The fourth-order valence-electron chi connectivity index (χ4n) is 1.47. The Morgan fingerprint density at radius 1 is 1.43 bits per heavy atom. The molecule has 0 rings (SSSR count). The van der Waals surface area contributed by atoms with E-state index in [0.717, 1.165) is 12.0 Å². The molecule has 0 aliphatic rings. The van der Waals surface area contributed by atoms with Crippen molar-refractivity contribution < 1.29 is 0 Å². The van der Waals surface area contributed by atoms with Crippen molar-refractivity contribution in [1.29, 1.82) is 0 Å². The van der Waals surface area contributed by atoms with Gasteiger partial charge in [0.1, 0.15) is 0 Å². The third-order valence-corrected chi connectivity index (χ3v) is 5.21. The first-order valence-corrected chi connectivity index (χ1v) is 8.77. The van der Waals surface area contributed by atoms with Crippen LogP contribution in [0.15, 0.2) is 17.3 Å². The molecule has 4 heteroatoms. The van der Waals surface area contributed by atoms with Gasteiger partial charge in [0.2, 0.25) is 0 Å². The monoisotopic (exact) mass is 211 g/mol. The van der Waals surface area contributed by atoms with Crippen LogP contribution < -0.4 is 0 Å². The van der Waals surface area contributed by atoms with Gasteiger partial charge in [0.15, 0.2) is 0 Å². The van der Waals surface area contributed by atoms with Gasteiger partial charge in [-0.05, 0) is 17.5 Å². The van der Waals surface area contributed by atoms with Crippen LogP contribution in [0.5, 0.6) is 0 Å². The Morgan fingerprint density at radius 2 is 2.07 bits per heavy atom. The SMILES string of the molecule is CC[C@@H](/C=C/CCN=[N+]=[N-])[Si](C)(C)C. The van der Waals surface area contributed by atoms with E-state index in [-0.39, 0.29) is 0 Å². The fourth-order valence-corrected chi connectivity index (χ4v) is 3.41. The van der Waals surface area contributed by atoms with Gasteiger partial charge in [0.05, 0.1) is 8.07 Å². The van der Waals surface area contributed by atoms with Crippen LogP contribution >= 0.6 is 0 Å². The summed E-state index contributed by atoms with van der Waals surface area (Å²) in [6.07, 6.45) is 6.54. The molecule has 0 aliphatic heterocycles. The van der Waals surface area contributed by atoms with E-state index in [4.69, 9.17) is 5.53 Å². The highest BCUT2D eigenvalue weighted by molar-refractivity contribution is 6.78. The van der Waals surface area contributed by atoms with E-state index in [9.17, 15) is 0 Å². The van der Waals surface area contributed by atoms with Gasteiger partial charge in [-0.2, -0.15) is 0 Å². The van der Waals surface area contributed by atoms with Crippen molar-refractivity contribution in [2.75, 3.05) is 6.54 Å². The molecule has 0 fully saturated rings. The van der Waals surface area contributed by atoms with Crippen molar-refractivity contribution in [1.82, 2.24) is 0 Å². The molecule has 14 heavy (non-hydrogen) atoms. The van der Waals surface area contributed by atoms with Gasteiger partial charge in [-0.1, -0.05) is 50.3 Å². The van der Waals surface area contributed by atoms with E-state index in [1.54, 1.807) is 0 Å². The summed E-state index contributed by atoms with van der Waals surface area (Å²) in [7, 11) is -1.05. The molecular weight excluding hydrogens is 190 g/mol. The third kappa shape index (κ3) is 5.83. The number of allylic oxidation sites excluding steroid dienone is 1. The maximum Gasteiger partial charge on any atom is 0.0513 e. The van der Waals surface area contributed by atoms with E-state index in [0.29, 0.717) is 6.54 Å². The average Bonchev–Trinajstić information content (AvgIpc) is 2.09. The third-order valence-electron chi connectivity index (χ3n) is 2.38. The molecule has 0 saturated heterocycles. The van der Waals surface area contributed by atoms with Gasteiger partial charge in [-0.25, -0.2) is 0 Å². The van der Waals surface area contributed by atoms with Gasteiger partial charge < -0.3 is 0 Å². The van der Waals surface area contributed by atoms with Gasteiger partial charge in [0, 0.05) is 11.5 Å². The molecule has 0 N–H and O–H groups in total. The summed E-state index contributed by atoms with van der Waals surface area (Å²) in [4.78, 5) is 2.72. The van der Waals surface area contributed by atoms with E-state index in [1.165, 1.54) is 6.42 Å². The summed E-state index contributed by atoms with van der Waals surface area (Å²) in [6, 6.07) is 0. The zero-order valence-corrected chi connectivity index (χ0v) is 10.7. The summed E-state index contributed by atoms with van der Waals surface area (Å²) in [5.74, 6) is 0. The Labute approximate surface area is 87.8 Å². The van der Waals surface area contributed by atoms with Gasteiger partial charge in [-0.3, -0.25) is 0 Å². The highest BCUT2D eigenvalue weighted by Gasteiger charge is 2.21. The van der Waals surface area contributed by atoms with Crippen molar-refractivity contribution >= 4 is 8.07 Å². The van der Waals surface area contributed by atoms with Crippen LogP contribution in [0.4, 0.5) is 0 Å². The summed E-state index contributed by atoms with van der Waals surface area (Å²) >= 11 is 0. The minimum absolute atomic E-state index is 0.579. The standard InChI is InChI=1S/C10H21N3Si/c1-5-10(14(2,3)4)8-6-7-9-12-13-11/h6,8,10H,5,7,9H2,1-4H3/b8-6+/t10-/m0/s1. The lowest BCUT2D eigenvalue weighted by Gasteiger charge is -2.24. The zero-order chi connectivity index (χ0) is 11.0. The molecule has 0 unspecified atom stereocenters. The van der Waals surface area contributed by atoms with Crippen LogP contribution in [0.25, 0.3) is 10.4 Å². The number of rotatable bonds is 6. The topological polar surface area (TPSA) is 48.8 Å². The van der Waals surface area contributed by atoms with Crippen molar-refractivity contribution in [2.24, 2.45) is 5.11 Å². The Morgan fingerprint density at radius 3 is 2.50 bits per heavy atom. The van der Waals surface area contributed by atoms with Gasteiger partial charge in [0.25, 0.3) is 0 Å². The second-order valence-corrected chi connectivity index (χ2v) is 10.0. The van der Waals surface area contributed by atoms with Crippen molar-refractivity contribution in [3.63, 3.8) is 0 Å². The molecule has 0 spiro atoms. The molecule has 0 aromatic rings. The first-order valence-electron chi connectivity index (χ1n) is 5.20. The van der Waals surface area contributed by atoms with E-state index in [2.05, 4.69) is 48.7 Å². The predicted molar refractivity (Wildman–Crippen MR) is 65.2 cm³/mol. The smallest absolute Gasteiger partial charge is 0.0513 e. The fraction of sp³-hybridized carbons (Fsp3) is 0.800. The molecule has 1 atom stereocenters. The lowest BCUT2D eigenvalue weighted by Crippen LogP contribution is -2.26. The highest BCUT2D eigenvalue weighted by atomic mass is 28.3. The second kappa shape index (κ2) is 6.68. The molecule has 3 nitrogen and oxygen atoms in total. The molecule has 0 amide bonds. The van der Waals surface area contributed by atoms with Crippen LogP contribution in [0, 0.1) is 0 Å². The first kappa shape index (κ1) is 13.3. The molecule has 0 aromatic heterocycles. The minimum atomic E-state index is -1.05. The minimum Gasteiger partial charge on any atom is -0.0937 e. The molecular formula is C10H21N3Si. The van der Waals surface area contributed by atoms with Crippen LogP contribution in [0.3, 0.4) is 0 Å². The van der Waals surface area contributed by atoms with E-state index < -0.39 is 8.07 Å². The molecule has 0 aliphatic carbocycles. The summed E-state index contributed by atoms with van der Waals surface area (Å²) in [5, 5.41) is 3.50. The normalized spacial score (nSPS) is 14.0. The molecule has 0 bridgehead atoms. The Kier molecular flexibility index (Phi) is 6.33. The second-order valence-electron chi connectivity index (χ2n) is 4.55. The molecule has 0 heterocycles. The molecule has 0 saturated carbocycles. The van der Waals surface area contributed by atoms with Crippen LogP contribution in [0.2, 0.25) is 25.2 Å². The summed E-state index contributed by atoms with van der Waals surface area (Å²) in [5.41, 5.74) is 8.84.